The molecule has 0 radical (unpaired) electrons. The topological polar surface area (TPSA) is 72.5 Å². The van der Waals surface area contributed by atoms with Gasteiger partial charge in [-0.05, 0) is 80.7 Å². The van der Waals surface area contributed by atoms with E-state index in [1.165, 1.54) is 6.07 Å². The number of ether oxygens (including phenoxy) is 3. The zero-order chi connectivity index (χ0) is 28.1. The molecule has 3 aliphatic rings. The zero-order valence-electron chi connectivity index (χ0n) is 22.8. The highest BCUT2D eigenvalue weighted by Gasteiger charge is 2.43. The Balaban J connectivity index is 1.08. The van der Waals surface area contributed by atoms with Crippen LogP contribution in [0.4, 0.5) is 4.39 Å². The molecule has 7 nitrogen and oxygen atoms in total. The van der Waals surface area contributed by atoms with Crippen LogP contribution in [0.3, 0.4) is 0 Å². The number of para-hydroxylation sites is 1. The predicted octanol–water partition coefficient (Wildman–Crippen LogP) is 6.51. The van der Waals surface area contributed by atoms with Crippen molar-refractivity contribution < 1.29 is 18.6 Å². The molecule has 4 heterocycles. The molecule has 2 fully saturated rings. The van der Waals surface area contributed by atoms with Crippen molar-refractivity contribution in [3.05, 3.63) is 88.0 Å². The molecule has 0 bridgehead atoms. The molecule has 2 saturated heterocycles. The van der Waals surface area contributed by atoms with E-state index < -0.39 is 11.6 Å². The van der Waals surface area contributed by atoms with E-state index in [1.807, 2.05) is 30.3 Å². The number of nitriles is 1. The second kappa shape index (κ2) is 10.3. The molecule has 1 aromatic heterocycles. The second-order valence-electron chi connectivity index (χ2n) is 11.2. The maximum absolute atomic E-state index is 14.8. The summed E-state index contributed by atoms with van der Waals surface area (Å²) in [5, 5.41) is 9.69. The first-order valence-corrected chi connectivity index (χ1v) is 14.5. The highest BCUT2D eigenvalue weighted by atomic mass is 35.5. The van der Waals surface area contributed by atoms with E-state index in [4.69, 9.17) is 30.8 Å². The van der Waals surface area contributed by atoms with Crippen molar-refractivity contribution in [2.24, 2.45) is 0 Å². The summed E-state index contributed by atoms with van der Waals surface area (Å²) in [6.07, 6.45) is 3.17. The summed E-state index contributed by atoms with van der Waals surface area (Å²) >= 11 is 5.97. The van der Waals surface area contributed by atoms with E-state index in [0.29, 0.717) is 33.6 Å². The summed E-state index contributed by atoms with van der Waals surface area (Å²) in [5.41, 5.74) is 3.92. The molecule has 2 unspecified atom stereocenters. The Labute approximate surface area is 243 Å². The Bertz CT molecular complexity index is 1670. The van der Waals surface area contributed by atoms with Crippen LogP contribution in [0.15, 0.2) is 54.6 Å². The standard InChI is InChI=1S/C32H30ClFN4O3/c1-32(25-7-6-22(33)16-26(25)34)40-29-4-2-3-24(31(29)41-32)21-9-12-37(13-10-21)19-30-36-27-15-20(17-35)5-8-28(27)38(30)18-23-11-14-39-23/h2-8,15-16,21,23H,9-14,18-19H2,1H3. The third kappa shape index (κ3) is 4.82. The summed E-state index contributed by atoms with van der Waals surface area (Å²) < 4.78 is 35.3. The van der Waals surface area contributed by atoms with E-state index in [0.717, 1.165) is 74.5 Å². The van der Waals surface area contributed by atoms with Gasteiger partial charge in [0.2, 0.25) is 0 Å². The third-order valence-electron chi connectivity index (χ3n) is 8.56. The summed E-state index contributed by atoms with van der Waals surface area (Å²) in [7, 11) is 0. The molecule has 3 aliphatic heterocycles. The Morgan fingerprint density at radius 3 is 2.66 bits per heavy atom. The average molecular weight is 573 g/mol. The maximum atomic E-state index is 14.8. The highest BCUT2D eigenvalue weighted by Crippen LogP contribution is 2.49. The number of imidazole rings is 1. The van der Waals surface area contributed by atoms with Crippen LogP contribution in [0.1, 0.15) is 54.6 Å². The Morgan fingerprint density at radius 2 is 1.93 bits per heavy atom. The fraction of sp³-hybridized carbons (Fsp3) is 0.375. The minimum absolute atomic E-state index is 0.210. The van der Waals surface area contributed by atoms with Crippen LogP contribution < -0.4 is 9.47 Å². The quantitative estimate of drug-likeness (QED) is 0.262. The van der Waals surface area contributed by atoms with Gasteiger partial charge in [-0.25, -0.2) is 9.37 Å². The van der Waals surface area contributed by atoms with Gasteiger partial charge in [-0.1, -0.05) is 23.7 Å². The highest BCUT2D eigenvalue weighted by molar-refractivity contribution is 6.30. The van der Waals surface area contributed by atoms with Crippen LogP contribution in [-0.2, 0) is 23.6 Å². The first-order valence-electron chi connectivity index (χ1n) is 14.1. The van der Waals surface area contributed by atoms with Crippen LogP contribution >= 0.6 is 11.6 Å². The SMILES string of the molecule is CC1(c2ccc(Cl)cc2F)Oc2cccc(C3CCN(Cc4nc5cc(C#N)ccc5n4CC4CCO4)CC3)c2O1. The number of hydrogen-bond acceptors (Lipinski definition) is 6. The summed E-state index contributed by atoms with van der Waals surface area (Å²) in [5.74, 6) is 0.901. The van der Waals surface area contributed by atoms with Gasteiger partial charge in [0.25, 0.3) is 5.79 Å². The van der Waals surface area contributed by atoms with Gasteiger partial charge >= 0.3 is 0 Å². The van der Waals surface area contributed by atoms with Crippen molar-refractivity contribution in [1.82, 2.24) is 14.5 Å². The number of hydrogen-bond donors (Lipinski definition) is 0. The molecule has 9 heteroatoms. The molecular formula is C32H30ClFN4O3. The van der Waals surface area contributed by atoms with Crippen molar-refractivity contribution in [1.29, 1.82) is 5.26 Å². The minimum Gasteiger partial charge on any atom is -0.444 e. The maximum Gasteiger partial charge on any atom is 0.278 e. The Hall–Kier alpha value is -3.64. The number of rotatable bonds is 6. The lowest BCUT2D eigenvalue weighted by molar-refractivity contribution is -0.0712. The van der Waals surface area contributed by atoms with E-state index in [1.54, 1.807) is 19.1 Å². The zero-order valence-corrected chi connectivity index (χ0v) is 23.5. The molecule has 2 atom stereocenters. The number of fused-ring (bicyclic) bond motifs is 2. The van der Waals surface area contributed by atoms with E-state index in [2.05, 4.69) is 21.6 Å². The Kier molecular flexibility index (Phi) is 6.61. The number of nitrogens with zero attached hydrogens (tertiary/aromatic N) is 4. The number of benzene rings is 3. The summed E-state index contributed by atoms with van der Waals surface area (Å²) in [4.78, 5) is 7.39. The van der Waals surface area contributed by atoms with Gasteiger partial charge in [-0.15, -0.1) is 0 Å². The molecule has 3 aromatic carbocycles. The second-order valence-corrected chi connectivity index (χ2v) is 11.7. The summed E-state index contributed by atoms with van der Waals surface area (Å²) in [6, 6.07) is 18.4. The largest absolute Gasteiger partial charge is 0.444 e. The fourth-order valence-electron chi connectivity index (χ4n) is 6.24. The molecule has 4 aromatic rings. The lowest BCUT2D eigenvalue weighted by atomic mass is 9.88. The third-order valence-corrected chi connectivity index (χ3v) is 8.79. The first kappa shape index (κ1) is 26.3. The van der Waals surface area contributed by atoms with Crippen LogP contribution in [0, 0.1) is 17.1 Å². The molecule has 7 rings (SSSR count). The van der Waals surface area contributed by atoms with Crippen LogP contribution in [0.2, 0.25) is 5.02 Å². The van der Waals surface area contributed by atoms with Gasteiger partial charge in [0.1, 0.15) is 11.6 Å². The average Bonchev–Trinajstić information content (AvgIpc) is 3.47. The van der Waals surface area contributed by atoms with Crippen LogP contribution in [0.5, 0.6) is 11.5 Å². The lowest BCUT2D eigenvalue weighted by Crippen LogP contribution is -2.35. The molecule has 0 spiro atoms. The Morgan fingerprint density at radius 1 is 1.10 bits per heavy atom. The minimum atomic E-state index is -1.26. The normalized spacial score (nSPS) is 22.5. The van der Waals surface area contributed by atoms with Crippen molar-refractivity contribution in [2.45, 2.75) is 57.1 Å². The van der Waals surface area contributed by atoms with E-state index >= 15 is 0 Å². The van der Waals surface area contributed by atoms with Gasteiger partial charge in [0.15, 0.2) is 11.5 Å². The molecule has 0 amide bonds. The van der Waals surface area contributed by atoms with E-state index in [9.17, 15) is 9.65 Å². The molecule has 0 saturated carbocycles. The van der Waals surface area contributed by atoms with Gasteiger partial charge in [0.05, 0.1) is 47.4 Å². The number of halogens is 2. The first-order chi connectivity index (χ1) is 19.9. The van der Waals surface area contributed by atoms with Gasteiger partial charge in [0, 0.05) is 24.1 Å². The van der Waals surface area contributed by atoms with Crippen molar-refractivity contribution >= 4 is 22.6 Å². The molecule has 0 aliphatic carbocycles. The smallest absolute Gasteiger partial charge is 0.278 e. The predicted molar refractivity (Wildman–Crippen MR) is 153 cm³/mol. The monoisotopic (exact) mass is 572 g/mol. The van der Waals surface area contributed by atoms with Crippen molar-refractivity contribution in [3.63, 3.8) is 0 Å². The molecule has 41 heavy (non-hydrogen) atoms. The molecule has 210 valence electrons. The molecular weight excluding hydrogens is 543 g/mol. The molecule has 0 N–H and O–H groups in total. The summed E-state index contributed by atoms with van der Waals surface area (Å²) in [6.45, 7) is 5.87. The number of aromatic nitrogens is 2. The van der Waals surface area contributed by atoms with Crippen molar-refractivity contribution in [3.8, 4) is 17.6 Å². The van der Waals surface area contributed by atoms with Crippen molar-refractivity contribution in [2.75, 3.05) is 19.7 Å². The lowest BCUT2D eigenvalue weighted by Gasteiger charge is -2.33. The number of piperidine rings is 1. The fourth-order valence-corrected chi connectivity index (χ4v) is 6.40. The van der Waals surface area contributed by atoms with Gasteiger partial charge < -0.3 is 18.8 Å². The van der Waals surface area contributed by atoms with Gasteiger partial charge in [-0.3, -0.25) is 4.90 Å². The van der Waals surface area contributed by atoms with Crippen LogP contribution in [0.25, 0.3) is 11.0 Å². The van der Waals surface area contributed by atoms with Crippen LogP contribution in [-0.4, -0.2) is 40.3 Å². The van der Waals surface area contributed by atoms with E-state index in [-0.39, 0.29) is 6.10 Å². The van der Waals surface area contributed by atoms with Gasteiger partial charge in [-0.2, -0.15) is 5.26 Å². The number of likely N-dealkylation sites (tertiary alicyclic amines) is 1.